The van der Waals surface area contributed by atoms with E-state index in [9.17, 15) is 8.42 Å². The number of ether oxygens (including phenoxy) is 1. The molecule has 6 nitrogen and oxygen atoms in total. The fraction of sp³-hybridized carbons (Fsp3) is 0.588. The standard InChI is InChI=1S/C17H23N3O3S/c21-24(22)13-10-20-7-1-2-16(17(20)18-24)14-3-5-15(6-4-14)19-8-11-23-12-9-19/h3-6,16H,1-2,7-13H2/t16-/m1/s1. The van der Waals surface area contributed by atoms with Crippen LogP contribution < -0.4 is 4.90 Å². The van der Waals surface area contributed by atoms with Crippen molar-refractivity contribution in [3.05, 3.63) is 29.8 Å². The van der Waals surface area contributed by atoms with Crippen LogP contribution in [0.5, 0.6) is 0 Å². The third-order valence-corrected chi connectivity index (χ3v) is 6.24. The van der Waals surface area contributed by atoms with Gasteiger partial charge in [0.1, 0.15) is 5.84 Å². The zero-order valence-corrected chi connectivity index (χ0v) is 14.5. The lowest BCUT2D eigenvalue weighted by atomic mass is 9.89. The molecule has 4 rings (SSSR count). The number of piperidine rings is 1. The van der Waals surface area contributed by atoms with E-state index < -0.39 is 10.0 Å². The summed E-state index contributed by atoms with van der Waals surface area (Å²) in [5.41, 5.74) is 2.36. The summed E-state index contributed by atoms with van der Waals surface area (Å²) in [5.74, 6) is 0.971. The summed E-state index contributed by atoms with van der Waals surface area (Å²) < 4.78 is 33.3. The zero-order valence-electron chi connectivity index (χ0n) is 13.7. The molecule has 130 valence electrons. The predicted octanol–water partition coefficient (Wildman–Crippen LogP) is 1.44. The molecule has 0 bridgehead atoms. The van der Waals surface area contributed by atoms with E-state index in [0.717, 1.165) is 57.1 Å². The summed E-state index contributed by atoms with van der Waals surface area (Å²) in [6.07, 6.45) is 2.04. The van der Waals surface area contributed by atoms with Gasteiger partial charge in [-0.15, -0.1) is 4.40 Å². The molecule has 3 aliphatic rings. The highest BCUT2D eigenvalue weighted by Gasteiger charge is 2.33. The molecule has 0 amide bonds. The molecule has 1 aromatic carbocycles. The number of fused-ring (bicyclic) bond motifs is 1. The Bertz CT molecular complexity index is 724. The minimum absolute atomic E-state index is 0.0903. The summed E-state index contributed by atoms with van der Waals surface area (Å²) in [5, 5.41) is 0. The van der Waals surface area contributed by atoms with Crippen molar-refractivity contribution >= 4 is 21.5 Å². The van der Waals surface area contributed by atoms with Crippen molar-refractivity contribution < 1.29 is 13.2 Å². The molecule has 3 heterocycles. The number of amidine groups is 1. The van der Waals surface area contributed by atoms with E-state index in [1.54, 1.807) is 0 Å². The van der Waals surface area contributed by atoms with E-state index >= 15 is 0 Å². The van der Waals surface area contributed by atoms with Crippen LogP contribution in [0.3, 0.4) is 0 Å². The van der Waals surface area contributed by atoms with E-state index in [1.165, 1.54) is 5.69 Å². The van der Waals surface area contributed by atoms with Gasteiger partial charge >= 0.3 is 0 Å². The molecule has 0 spiro atoms. The molecule has 0 aromatic heterocycles. The number of hydrogen-bond donors (Lipinski definition) is 0. The smallest absolute Gasteiger partial charge is 0.256 e. The first-order valence-corrected chi connectivity index (χ1v) is 10.2. The lowest BCUT2D eigenvalue weighted by molar-refractivity contribution is 0.122. The third-order valence-electron chi connectivity index (χ3n) is 5.08. The molecule has 24 heavy (non-hydrogen) atoms. The van der Waals surface area contributed by atoms with E-state index in [1.807, 2.05) is 0 Å². The quantitative estimate of drug-likeness (QED) is 0.809. The Kier molecular flexibility index (Phi) is 4.22. The monoisotopic (exact) mass is 349 g/mol. The van der Waals surface area contributed by atoms with Gasteiger partial charge in [-0.1, -0.05) is 12.1 Å². The molecule has 0 aliphatic carbocycles. The number of rotatable bonds is 2. The molecule has 2 fully saturated rings. The molecule has 7 heteroatoms. The number of anilines is 1. The number of sulfonamides is 1. The predicted molar refractivity (Wildman–Crippen MR) is 94.2 cm³/mol. The first-order valence-electron chi connectivity index (χ1n) is 8.62. The Labute approximate surface area is 143 Å². The van der Waals surface area contributed by atoms with Crippen molar-refractivity contribution in [3.8, 4) is 0 Å². The van der Waals surface area contributed by atoms with E-state index in [4.69, 9.17) is 4.74 Å². The summed E-state index contributed by atoms with van der Waals surface area (Å²) in [6, 6.07) is 8.53. The summed E-state index contributed by atoms with van der Waals surface area (Å²) >= 11 is 0. The van der Waals surface area contributed by atoms with Gasteiger partial charge in [-0.25, -0.2) is 8.42 Å². The number of benzene rings is 1. The van der Waals surface area contributed by atoms with Crippen molar-refractivity contribution in [1.29, 1.82) is 0 Å². The van der Waals surface area contributed by atoms with Crippen LogP contribution in [0.25, 0.3) is 0 Å². The van der Waals surface area contributed by atoms with Gasteiger partial charge in [-0.3, -0.25) is 0 Å². The SMILES string of the molecule is O=S1(=O)CCN2CCC[C@H](c3ccc(N4CCOCC4)cc3)C2=N1. The fourth-order valence-corrected chi connectivity index (χ4v) is 4.84. The van der Waals surface area contributed by atoms with Crippen LogP contribution in [0.15, 0.2) is 28.7 Å². The Morgan fingerprint density at radius 2 is 1.75 bits per heavy atom. The first-order chi connectivity index (χ1) is 11.6. The maximum atomic E-state index is 11.9. The summed E-state index contributed by atoms with van der Waals surface area (Å²) in [6.45, 7) is 4.87. The van der Waals surface area contributed by atoms with E-state index in [2.05, 4.69) is 38.5 Å². The Morgan fingerprint density at radius 3 is 2.50 bits per heavy atom. The molecule has 0 N–H and O–H groups in total. The Morgan fingerprint density at radius 1 is 1.00 bits per heavy atom. The third kappa shape index (κ3) is 3.15. The van der Waals surface area contributed by atoms with Crippen LogP contribution in [0.2, 0.25) is 0 Å². The Balaban J connectivity index is 1.59. The van der Waals surface area contributed by atoms with E-state index in [-0.39, 0.29) is 11.7 Å². The topological polar surface area (TPSA) is 62.2 Å². The molecular weight excluding hydrogens is 326 g/mol. The molecule has 1 atom stereocenters. The fourth-order valence-electron chi connectivity index (χ4n) is 3.77. The highest BCUT2D eigenvalue weighted by molar-refractivity contribution is 7.90. The highest BCUT2D eigenvalue weighted by Crippen LogP contribution is 2.32. The average Bonchev–Trinajstić information content (AvgIpc) is 2.61. The second-order valence-electron chi connectivity index (χ2n) is 6.61. The molecule has 2 saturated heterocycles. The van der Waals surface area contributed by atoms with Crippen molar-refractivity contribution in [2.75, 3.05) is 50.0 Å². The molecular formula is C17H23N3O3S. The van der Waals surface area contributed by atoms with Gasteiger partial charge in [-0.2, -0.15) is 0 Å². The number of morpholine rings is 1. The molecule has 1 aromatic rings. The lowest BCUT2D eigenvalue weighted by Crippen LogP contribution is -2.46. The van der Waals surface area contributed by atoms with Crippen LogP contribution >= 0.6 is 0 Å². The molecule has 0 unspecified atom stereocenters. The van der Waals surface area contributed by atoms with Crippen LogP contribution in [0.4, 0.5) is 5.69 Å². The second kappa shape index (κ2) is 6.37. The van der Waals surface area contributed by atoms with Crippen molar-refractivity contribution in [2.45, 2.75) is 18.8 Å². The second-order valence-corrected chi connectivity index (χ2v) is 8.36. The van der Waals surface area contributed by atoms with Gasteiger partial charge in [0.2, 0.25) is 0 Å². The minimum Gasteiger partial charge on any atom is -0.378 e. The van der Waals surface area contributed by atoms with E-state index in [0.29, 0.717) is 6.54 Å². The number of hydrogen-bond acceptors (Lipinski definition) is 5. The molecule has 0 radical (unpaired) electrons. The van der Waals surface area contributed by atoms with Gasteiger partial charge < -0.3 is 14.5 Å². The van der Waals surface area contributed by atoms with Crippen LogP contribution in [0, 0.1) is 0 Å². The van der Waals surface area contributed by atoms with Crippen molar-refractivity contribution in [2.24, 2.45) is 4.40 Å². The average molecular weight is 349 g/mol. The molecule has 3 aliphatic heterocycles. The largest absolute Gasteiger partial charge is 0.378 e. The van der Waals surface area contributed by atoms with Crippen molar-refractivity contribution in [3.63, 3.8) is 0 Å². The van der Waals surface area contributed by atoms with Crippen LogP contribution in [-0.4, -0.2) is 64.3 Å². The normalized spacial score (nSPS) is 26.7. The van der Waals surface area contributed by atoms with Crippen LogP contribution in [0.1, 0.15) is 24.3 Å². The lowest BCUT2D eigenvalue weighted by Gasteiger charge is -2.38. The maximum absolute atomic E-state index is 11.9. The Hall–Kier alpha value is -1.60. The van der Waals surface area contributed by atoms with Gasteiger partial charge in [0, 0.05) is 37.8 Å². The van der Waals surface area contributed by atoms with Gasteiger partial charge in [0.05, 0.1) is 19.0 Å². The minimum atomic E-state index is -3.30. The van der Waals surface area contributed by atoms with Crippen molar-refractivity contribution in [1.82, 2.24) is 4.90 Å². The van der Waals surface area contributed by atoms with Crippen LogP contribution in [-0.2, 0) is 14.8 Å². The summed E-state index contributed by atoms with van der Waals surface area (Å²) in [4.78, 5) is 4.47. The highest BCUT2D eigenvalue weighted by atomic mass is 32.2. The van der Waals surface area contributed by atoms with Gasteiger partial charge in [-0.05, 0) is 30.5 Å². The maximum Gasteiger partial charge on any atom is 0.256 e. The van der Waals surface area contributed by atoms with Gasteiger partial charge in [0.25, 0.3) is 10.0 Å². The van der Waals surface area contributed by atoms with Gasteiger partial charge in [0.15, 0.2) is 0 Å². The first kappa shape index (κ1) is 15.9. The summed E-state index contributed by atoms with van der Waals surface area (Å²) in [7, 11) is -3.30. The molecule has 0 saturated carbocycles. The number of nitrogens with zero attached hydrogens (tertiary/aromatic N) is 3. The zero-order chi connectivity index (χ0) is 16.6.